The fourth-order valence-corrected chi connectivity index (χ4v) is 3.26. The Hall–Kier alpha value is -1.39. The van der Waals surface area contributed by atoms with E-state index in [0.29, 0.717) is 4.99 Å². The van der Waals surface area contributed by atoms with Gasteiger partial charge < -0.3 is 15.2 Å². The van der Waals surface area contributed by atoms with E-state index in [0.717, 1.165) is 32.5 Å². The molecular formula is C16H21N3S. The van der Waals surface area contributed by atoms with Crippen molar-refractivity contribution >= 4 is 28.1 Å². The molecule has 0 atom stereocenters. The summed E-state index contributed by atoms with van der Waals surface area (Å²) >= 11 is 5.04. The van der Waals surface area contributed by atoms with Gasteiger partial charge in [-0.3, -0.25) is 0 Å². The monoisotopic (exact) mass is 287 g/mol. The first kappa shape index (κ1) is 13.6. The molecule has 0 radical (unpaired) electrons. The molecule has 0 amide bonds. The molecule has 4 heteroatoms. The number of aromatic nitrogens is 1. The SMILES string of the molecule is Cc1ccc2c(c1)c1c(n2CCC(N)=S)CN(C)CC1. The van der Waals surface area contributed by atoms with E-state index in [1.165, 1.54) is 27.7 Å². The Morgan fingerprint density at radius 1 is 1.40 bits per heavy atom. The zero-order valence-corrected chi connectivity index (χ0v) is 13.0. The van der Waals surface area contributed by atoms with Crippen molar-refractivity contribution in [2.75, 3.05) is 13.6 Å². The lowest BCUT2D eigenvalue weighted by atomic mass is 10.0. The molecule has 0 saturated carbocycles. The molecule has 106 valence electrons. The van der Waals surface area contributed by atoms with Crippen LogP contribution in [0.2, 0.25) is 0 Å². The summed E-state index contributed by atoms with van der Waals surface area (Å²) in [6, 6.07) is 6.74. The number of nitrogens with two attached hydrogens (primary N) is 1. The van der Waals surface area contributed by atoms with E-state index in [4.69, 9.17) is 18.0 Å². The van der Waals surface area contributed by atoms with Gasteiger partial charge in [-0.1, -0.05) is 23.8 Å². The first-order chi connectivity index (χ1) is 9.56. The van der Waals surface area contributed by atoms with Gasteiger partial charge in [-0.2, -0.15) is 0 Å². The van der Waals surface area contributed by atoms with Crippen molar-refractivity contribution in [3.05, 3.63) is 35.0 Å². The second kappa shape index (κ2) is 5.19. The molecule has 0 aliphatic carbocycles. The largest absolute Gasteiger partial charge is 0.393 e. The molecule has 0 bridgehead atoms. The van der Waals surface area contributed by atoms with Crippen LogP contribution in [0.4, 0.5) is 0 Å². The highest BCUT2D eigenvalue weighted by Gasteiger charge is 2.22. The van der Waals surface area contributed by atoms with E-state index in [1.54, 1.807) is 0 Å². The molecule has 1 aliphatic heterocycles. The molecule has 1 aliphatic rings. The van der Waals surface area contributed by atoms with Crippen LogP contribution in [-0.4, -0.2) is 28.0 Å². The summed E-state index contributed by atoms with van der Waals surface area (Å²) in [6.07, 6.45) is 1.90. The third-order valence-corrected chi connectivity index (χ3v) is 4.39. The molecule has 20 heavy (non-hydrogen) atoms. The highest BCUT2D eigenvalue weighted by atomic mass is 32.1. The highest BCUT2D eigenvalue weighted by Crippen LogP contribution is 2.31. The lowest BCUT2D eigenvalue weighted by Gasteiger charge is -2.24. The van der Waals surface area contributed by atoms with Crippen molar-refractivity contribution in [1.29, 1.82) is 0 Å². The Balaban J connectivity index is 2.15. The van der Waals surface area contributed by atoms with Gasteiger partial charge in [0.05, 0.1) is 4.99 Å². The van der Waals surface area contributed by atoms with E-state index in [2.05, 4.69) is 41.6 Å². The van der Waals surface area contributed by atoms with Gasteiger partial charge in [0.2, 0.25) is 0 Å². The predicted molar refractivity (Wildman–Crippen MR) is 88.1 cm³/mol. The van der Waals surface area contributed by atoms with Gasteiger partial charge >= 0.3 is 0 Å². The average molecular weight is 287 g/mol. The van der Waals surface area contributed by atoms with Gasteiger partial charge in [-0.15, -0.1) is 0 Å². The Morgan fingerprint density at radius 3 is 2.95 bits per heavy atom. The Morgan fingerprint density at radius 2 is 2.20 bits per heavy atom. The van der Waals surface area contributed by atoms with E-state index in [9.17, 15) is 0 Å². The highest BCUT2D eigenvalue weighted by molar-refractivity contribution is 7.80. The summed E-state index contributed by atoms with van der Waals surface area (Å²) in [5.41, 5.74) is 11.3. The smallest absolute Gasteiger partial charge is 0.0745 e. The molecule has 0 saturated heterocycles. The summed E-state index contributed by atoms with van der Waals surface area (Å²) in [7, 11) is 2.18. The molecule has 2 heterocycles. The van der Waals surface area contributed by atoms with E-state index in [-0.39, 0.29) is 0 Å². The minimum Gasteiger partial charge on any atom is -0.393 e. The van der Waals surface area contributed by atoms with Crippen molar-refractivity contribution in [3.8, 4) is 0 Å². The maximum absolute atomic E-state index is 5.69. The maximum Gasteiger partial charge on any atom is 0.0745 e. The van der Waals surface area contributed by atoms with Crippen LogP contribution in [0.15, 0.2) is 18.2 Å². The van der Waals surface area contributed by atoms with Crippen LogP contribution in [0.25, 0.3) is 10.9 Å². The number of benzene rings is 1. The third-order valence-electron chi connectivity index (χ3n) is 4.19. The quantitative estimate of drug-likeness (QED) is 0.881. The molecule has 3 rings (SSSR count). The number of rotatable bonds is 3. The molecule has 2 aromatic rings. The van der Waals surface area contributed by atoms with E-state index >= 15 is 0 Å². The normalized spacial score (nSPS) is 15.5. The summed E-state index contributed by atoms with van der Waals surface area (Å²) < 4.78 is 2.42. The van der Waals surface area contributed by atoms with Crippen molar-refractivity contribution < 1.29 is 0 Å². The number of hydrogen-bond donors (Lipinski definition) is 1. The van der Waals surface area contributed by atoms with Crippen LogP contribution < -0.4 is 5.73 Å². The van der Waals surface area contributed by atoms with Crippen LogP contribution in [0, 0.1) is 6.92 Å². The number of nitrogens with zero attached hydrogens (tertiary/aromatic N) is 2. The van der Waals surface area contributed by atoms with E-state index < -0.39 is 0 Å². The molecule has 2 N–H and O–H groups in total. The molecule has 0 unspecified atom stereocenters. The van der Waals surface area contributed by atoms with Crippen molar-refractivity contribution in [3.63, 3.8) is 0 Å². The predicted octanol–water partition coefficient (Wildman–Crippen LogP) is 2.61. The first-order valence-electron chi connectivity index (χ1n) is 7.13. The number of thiocarbonyl (C=S) groups is 1. The van der Waals surface area contributed by atoms with Crippen LogP contribution >= 0.6 is 12.2 Å². The molecule has 0 spiro atoms. The fourth-order valence-electron chi connectivity index (χ4n) is 3.17. The fraction of sp³-hybridized carbons (Fsp3) is 0.438. The first-order valence-corrected chi connectivity index (χ1v) is 7.54. The average Bonchev–Trinajstić information content (AvgIpc) is 2.68. The number of fused-ring (bicyclic) bond motifs is 3. The third kappa shape index (κ3) is 2.34. The zero-order valence-electron chi connectivity index (χ0n) is 12.1. The minimum atomic E-state index is 0.594. The zero-order chi connectivity index (χ0) is 14.3. The molecule has 3 nitrogen and oxygen atoms in total. The van der Waals surface area contributed by atoms with Crippen LogP contribution in [0.5, 0.6) is 0 Å². The molecular weight excluding hydrogens is 266 g/mol. The number of aryl methyl sites for hydroxylation is 2. The Kier molecular flexibility index (Phi) is 3.52. The molecule has 1 aromatic carbocycles. The molecule has 1 aromatic heterocycles. The summed E-state index contributed by atoms with van der Waals surface area (Å²) in [5, 5.41) is 1.41. The molecule has 0 fully saturated rings. The van der Waals surface area contributed by atoms with Gasteiger partial charge in [0, 0.05) is 42.7 Å². The Labute approximate surface area is 125 Å². The summed E-state index contributed by atoms with van der Waals surface area (Å²) in [6.45, 7) is 5.20. The van der Waals surface area contributed by atoms with Gasteiger partial charge in [0.15, 0.2) is 0 Å². The van der Waals surface area contributed by atoms with Gasteiger partial charge in [-0.05, 0) is 38.1 Å². The van der Waals surface area contributed by atoms with Gasteiger partial charge in [-0.25, -0.2) is 0 Å². The number of likely N-dealkylation sites (N-methyl/N-ethyl adjacent to an activating group) is 1. The second-order valence-electron chi connectivity index (χ2n) is 5.80. The van der Waals surface area contributed by atoms with Gasteiger partial charge in [0.1, 0.15) is 0 Å². The number of hydrogen-bond acceptors (Lipinski definition) is 2. The Bertz CT molecular complexity index is 672. The van der Waals surface area contributed by atoms with Crippen LogP contribution in [0.3, 0.4) is 0 Å². The minimum absolute atomic E-state index is 0.594. The van der Waals surface area contributed by atoms with Crippen LogP contribution in [0.1, 0.15) is 23.2 Å². The second-order valence-corrected chi connectivity index (χ2v) is 6.33. The van der Waals surface area contributed by atoms with Gasteiger partial charge in [0.25, 0.3) is 0 Å². The van der Waals surface area contributed by atoms with Crippen LogP contribution in [-0.2, 0) is 19.5 Å². The lowest BCUT2D eigenvalue weighted by Crippen LogP contribution is -2.28. The maximum atomic E-state index is 5.69. The summed E-state index contributed by atoms with van der Waals surface area (Å²) in [4.78, 5) is 2.97. The topological polar surface area (TPSA) is 34.2 Å². The van der Waals surface area contributed by atoms with Crippen molar-refractivity contribution in [2.45, 2.75) is 32.9 Å². The lowest BCUT2D eigenvalue weighted by molar-refractivity contribution is 0.303. The van der Waals surface area contributed by atoms with Crippen molar-refractivity contribution in [1.82, 2.24) is 9.47 Å². The van der Waals surface area contributed by atoms with Crippen molar-refractivity contribution in [2.24, 2.45) is 5.73 Å². The summed E-state index contributed by atoms with van der Waals surface area (Å²) in [5.74, 6) is 0. The standard InChI is InChI=1S/C16H21N3S/c1-11-3-4-14-13(9-11)12-5-7-18(2)10-15(12)19(14)8-6-16(17)20/h3-4,9H,5-8,10H2,1-2H3,(H2,17,20). The van der Waals surface area contributed by atoms with E-state index in [1.807, 2.05) is 0 Å².